The largest absolute Gasteiger partial charge is 0.496 e. The molecule has 6 nitrogen and oxygen atoms in total. The van der Waals surface area contributed by atoms with Gasteiger partial charge in [0, 0.05) is 18.7 Å². The Morgan fingerprint density at radius 3 is 2.70 bits per heavy atom. The molecule has 0 aliphatic carbocycles. The number of aryl methyl sites for hydroxylation is 1. The zero-order chi connectivity index (χ0) is 21.5. The lowest BCUT2D eigenvalue weighted by atomic mass is 10.1. The van der Waals surface area contributed by atoms with E-state index in [2.05, 4.69) is 22.3 Å². The quantitative estimate of drug-likeness (QED) is 0.633. The molecule has 1 N–H and O–H groups in total. The Bertz CT molecular complexity index is 1120. The van der Waals surface area contributed by atoms with E-state index in [4.69, 9.17) is 9.47 Å². The van der Waals surface area contributed by atoms with Gasteiger partial charge in [-0.25, -0.2) is 8.78 Å². The van der Waals surface area contributed by atoms with Gasteiger partial charge in [-0.2, -0.15) is 5.10 Å². The van der Waals surface area contributed by atoms with E-state index in [1.807, 2.05) is 24.3 Å². The molecule has 0 aliphatic rings. The number of amides is 1. The average molecular weight is 411 g/mol. The summed E-state index contributed by atoms with van der Waals surface area (Å²) in [5.74, 6) is 4.11. The first-order chi connectivity index (χ1) is 14.5. The predicted octanol–water partition coefficient (Wildman–Crippen LogP) is 3.19. The maximum Gasteiger partial charge on any atom is 0.270 e. The SMILES string of the molecule is COc1ccccc1-c1cc(C(=O)NCC#CCOc2ccc(F)cc2F)n(C)n1. The van der Waals surface area contributed by atoms with Crippen LogP contribution in [0.3, 0.4) is 0 Å². The first kappa shape index (κ1) is 20.9. The molecule has 0 radical (unpaired) electrons. The van der Waals surface area contributed by atoms with Gasteiger partial charge in [0.05, 0.1) is 19.3 Å². The zero-order valence-electron chi connectivity index (χ0n) is 16.4. The highest BCUT2D eigenvalue weighted by Crippen LogP contribution is 2.28. The molecule has 0 spiro atoms. The number of nitrogens with one attached hydrogen (secondary N) is 1. The van der Waals surface area contributed by atoms with Gasteiger partial charge < -0.3 is 14.8 Å². The minimum Gasteiger partial charge on any atom is -0.496 e. The van der Waals surface area contributed by atoms with Crippen LogP contribution in [0.15, 0.2) is 48.5 Å². The minimum absolute atomic E-state index is 0.0727. The van der Waals surface area contributed by atoms with Crippen LogP contribution in [-0.4, -0.2) is 35.9 Å². The molecule has 1 aromatic heterocycles. The van der Waals surface area contributed by atoms with E-state index in [0.29, 0.717) is 17.1 Å². The van der Waals surface area contributed by atoms with Crippen LogP contribution in [0.4, 0.5) is 8.78 Å². The van der Waals surface area contributed by atoms with Crippen molar-refractivity contribution in [1.82, 2.24) is 15.1 Å². The van der Waals surface area contributed by atoms with E-state index in [-0.39, 0.29) is 24.8 Å². The second-order valence-corrected chi connectivity index (χ2v) is 6.14. The lowest BCUT2D eigenvalue weighted by Crippen LogP contribution is -2.25. The summed E-state index contributed by atoms with van der Waals surface area (Å²) in [4.78, 5) is 12.4. The van der Waals surface area contributed by atoms with E-state index >= 15 is 0 Å². The Labute approximate surface area is 172 Å². The number of rotatable bonds is 6. The summed E-state index contributed by atoms with van der Waals surface area (Å²) in [5.41, 5.74) is 1.75. The third kappa shape index (κ3) is 4.94. The third-order valence-corrected chi connectivity index (χ3v) is 4.15. The molecule has 0 fully saturated rings. The van der Waals surface area contributed by atoms with Crippen LogP contribution < -0.4 is 14.8 Å². The van der Waals surface area contributed by atoms with Gasteiger partial charge in [-0.3, -0.25) is 9.48 Å². The Morgan fingerprint density at radius 2 is 1.93 bits per heavy atom. The lowest BCUT2D eigenvalue weighted by Gasteiger charge is -2.04. The maximum atomic E-state index is 13.4. The molecule has 0 unspecified atom stereocenters. The van der Waals surface area contributed by atoms with Crippen LogP contribution in [-0.2, 0) is 7.05 Å². The van der Waals surface area contributed by atoms with Crippen LogP contribution >= 0.6 is 0 Å². The Morgan fingerprint density at radius 1 is 1.13 bits per heavy atom. The van der Waals surface area contributed by atoms with Gasteiger partial charge in [-0.15, -0.1) is 0 Å². The molecule has 1 heterocycles. The summed E-state index contributed by atoms with van der Waals surface area (Å²) >= 11 is 0. The Kier molecular flexibility index (Phi) is 6.65. The van der Waals surface area contributed by atoms with Crippen LogP contribution in [0, 0.1) is 23.5 Å². The number of carbonyl (C=O) groups excluding carboxylic acids is 1. The molecule has 0 atom stereocenters. The highest BCUT2D eigenvalue weighted by molar-refractivity contribution is 5.94. The van der Waals surface area contributed by atoms with E-state index < -0.39 is 11.6 Å². The number of ether oxygens (including phenoxy) is 2. The van der Waals surface area contributed by atoms with Crippen molar-refractivity contribution in [2.75, 3.05) is 20.3 Å². The van der Waals surface area contributed by atoms with Crippen molar-refractivity contribution in [3.05, 3.63) is 65.9 Å². The average Bonchev–Trinajstić information content (AvgIpc) is 3.13. The van der Waals surface area contributed by atoms with Crippen molar-refractivity contribution >= 4 is 5.91 Å². The number of halogens is 2. The summed E-state index contributed by atoms with van der Waals surface area (Å²) in [5, 5.41) is 7.04. The second kappa shape index (κ2) is 9.56. The van der Waals surface area contributed by atoms with Gasteiger partial charge in [-0.05, 0) is 30.3 Å². The van der Waals surface area contributed by atoms with Gasteiger partial charge >= 0.3 is 0 Å². The summed E-state index contributed by atoms with van der Waals surface area (Å²) in [7, 11) is 3.24. The predicted molar refractivity (Wildman–Crippen MR) is 107 cm³/mol. The molecule has 154 valence electrons. The summed E-state index contributed by atoms with van der Waals surface area (Å²) < 4.78 is 38.2. The van der Waals surface area contributed by atoms with Gasteiger partial charge in [-0.1, -0.05) is 24.0 Å². The van der Waals surface area contributed by atoms with E-state index in [1.54, 1.807) is 20.2 Å². The van der Waals surface area contributed by atoms with Crippen LogP contribution in [0.1, 0.15) is 10.5 Å². The van der Waals surface area contributed by atoms with Crippen LogP contribution in [0.2, 0.25) is 0 Å². The molecule has 30 heavy (non-hydrogen) atoms. The van der Waals surface area contributed by atoms with Crippen molar-refractivity contribution in [2.24, 2.45) is 7.05 Å². The van der Waals surface area contributed by atoms with E-state index in [1.165, 1.54) is 10.7 Å². The van der Waals surface area contributed by atoms with Crippen molar-refractivity contribution in [2.45, 2.75) is 0 Å². The maximum absolute atomic E-state index is 13.4. The molecular weight excluding hydrogens is 392 g/mol. The number of nitrogens with zero attached hydrogens (tertiary/aromatic N) is 2. The summed E-state index contributed by atoms with van der Waals surface area (Å²) in [6, 6.07) is 12.1. The number of aromatic nitrogens is 2. The van der Waals surface area contributed by atoms with Crippen LogP contribution in [0.5, 0.6) is 11.5 Å². The van der Waals surface area contributed by atoms with Crippen LogP contribution in [0.25, 0.3) is 11.3 Å². The monoisotopic (exact) mass is 411 g/mol. The Hall–Kier alpha value is -3.86. The molecule has 1 amide bonds. The van der Waals surface area contributed by atoms with Gasteiger partial charge in [0.25, 0.3) is 5.91 Å². The highest BCUT2D eigenvalue weighted by atomic mass is 19.1. The zero-order valence-corrected chi connectivity index (χ0v) is 16.4. The standard InChI is InChI=1S/C22H19F2N3O3/c1-27-19(14-18(26-27)16-7-3-4-8-20(16)29-2)22(28)25-11-5-6-12-30-21-10-9-15(23)13-17(21)24/h3-4,7-10,13-14H,11-12H2,1-2H3,(H,25,28). The molecule has 0 saturated heterocycles. The second-order valence-electron chi connectivity index (χ2n) is 6.14. The van der Waals surface area contributed by atoms with Crippen molar-refractivity contribution < 1.29 is 23.0 Å². The lowest BCUT2D eigenvalue weighted by molar-refractivity contribution is 0.0949. The number of methoxy groups -OCH3 is 1. The normalized spacial score (nSPS) is 10.1. The first-order valence-electron chi connectivity index (χ1n) is 8.99. The molecule has 3 rings (SSSR count). The topological polar surface area (TPSA) is 65.4 Å². The number of hydrogen-bond acceptors (Lipinski definition) is 4. The number of benzene rings is 2. The van der Waals surface area contributed by atoms with E-state index in [0.717, 1.165) is 17.7 Å². The van der Waals surface area contributed by atoms with Gasteiger partial charge in [0.15, 0.2) is 11.6 Å². The highest BCUT2D eigenvalue weighted by Gasteiger charge is 2.15. The fourth-order valence-electron chi connectivity index (χ4n) is 2.70. The van der Waals surface area contributed by atoms with Crippen molar-refractivity contribution in [3.63, 3.8) is 0 Å². The fourth-order valence-corrected chi connectivity index (χ4v) is 2.70. The minimum atomic E-state index is -0.799. The fraction of sp³-hybridized carbons (Fsp3) is 0.182. The number of para-hydroxylation sites is 1. The summed E-state index contributed by atoms with van der Waals surface area (Å²) in [6.45, 7) is -0.0225. The summed E-state index contributed by atoms with van der Waals surface area (Å²) in [6.07, 6.45) is 0. The molecule has 3 aromatic rings. The van der Waals surface area contributed by atoms with Gasteiger partial charge in [0.2, 0.25) is 0 Å². The number of hydrogen-bond donors (Lipinski definition) is 1. The third-order valence-electron chi connectivity index (χ3n) is 4.15. The Balaban J connectivity index is 1.56. The number of carbonyl (C=O) groups is 1. The smallest absolute Gasteiger partial charge is 0.270 e. The van der Waals surface area contributed by atoms with Crippen molar-refractivity contribution in [1.29, 1.82) is 0 Å². The first-order valence-corrected chi connectivity index (χ1v) is 8.99. The molecule has 2 aromatic carbocycles. The van der Waals surface area contributed by atoms with Crippen molar-refractivity contribution in [3.8, 4) is 34.6 Å². The van der Waals surface area contributed by atoms with E-state index in [9.17, 15) is 13.6 Å². The molecule has 0 aliphatic heterocycles. The molecule has 0 saturated carbocycles. The molecule has 0 bridgehead atoms. The molecular formula is C22H19F2N3O3. The molecule has 8 heteroatoms. The van der Waals surface area contributed by atoms with Gasteiger partial charge in [0.1, 0.15) is 23.9 Å².